The van der Waals surface area contributed by atoms with E-state index in [1.807, 2.05) is 55.6 Å². The van der Waals surface area contributed by atoms with Crippen molar-refractivity contribution in [2.75, 3.05) is 12.3 Å². The Hall–Kier alpha value is -2.27. The quantitative estimate of drug-likeness (QED) is 0.709. The number of imidazole rings is 1. The van der Waals surface area contributed by atoms with Crippen LogP contribution in [0.25, 0.3) is 11.0 Å². The molecule has 0 aliphatic rings. The van der Waals surface area contributed by atoms with E-state index in [0.717, 1.165) is 28.2 Å². The number of hydrogen-bond acceptors (Lipinski definition) is 3. The van der Waals surface area contributed by atoms with Gasteiger partial charge >= 0.3 is 0 Å². The Balaban J connectivity index is 1.48. The van der Waals surface area contributed by atoms with Gasteiger partial charge in [0.2, 0.25) is 5.91 Å². The van der Waals surface area contributed by atoms with Crippen LogP contribution in [-0.2, 0) is 18.3 Å². The molecule has 2 aromatic carbocycles. The molecule has 4 nitrogen and oxygen atoms in total. The lowest BCUT2D eigenvalue weighted by molar-refractivity contribution is -0.118. The van der Waals surface area contributed by atoms with Crippen molar-refractivity contribution in [3.63, 3.8) is 0 Å². The van der Waals surface area contributed by atoms with Gasteiger partial charge in [-0.25, -0.2) is 4.98 Å². The van der Waals surface area contributed by atoms with Crippen LogP contribution in [0.4, 0.5) is 0 Å². The first-order valence-electron chi connectivity index (χ1n) is 7.59. The molecule has 5 heteroatoms. The van der Waals surface area contributed by atoms with E-state index in [0.29, 0.717) is 12.3 Å². The molecule has 3 aromatic rings. The van der Waals surface area contributed by atoms with Crippen LogP contribution in [0.15, 0.2) is 59.5 Å². The summed E-state index contributed by atoms with van der Waals surface area (Å²) in [5.41, 5.74) is 2.12. The smallest absolute Gasteiger partial charge is 0.230 e. The molecule has 1 amide bonds. The van der Waals surface area contributed by atoms with Crippen LogP contribution >= 0.6 is 11.8 Å². The Morgan fingerprint density at radius 3 is 2.65 bits per heavy atom. The number of carbonyl (C=O) groups excluding carboxylic acids is 1. The predicted octanol–water partition coefficient (Wildman–Crippen LogP) is 3.02. The highest BCUT2D eigenvalue weighted by molar-refractivity contribution is 8.00. The van der Waals surface area contributed by atoms with Crippen molar-refractivity contribution in [1.82, 2.24) is 14.9 Å². The van der Waals surface area contributed by atoms with Crippen LogP contribution < -0.4 is 5.32 Å². The number of fused-ring (bicyclic) bond motifs is 1. The first kappa shape index (κ1) is 15.6. The second-order valence-electron chi connectivity index (χ2n) is 5.28. The Kier molecular flexibility index (Phi) is 4.98. The molecule has 0 spiro atoms. The molecule has 0 aliphatic carbocycles. The molecule has 0 unspecified atom stereocenters. The van der Waals surface area contributed by atoms with Gasteiger partial charge in [-0.05, 0) is 24.3 Å². The third-order valence-corrected chi connectivity index (χ3v) is 4.68. The summed E-state index contributed by atoms with van der Waals surface area (Å²) >= 11 is 1.55. The maximum absolute atomic E-state index is 11.9. The molecule has 0 bridgehead atoms. The van der Waals surface area contributed by atoms with Crippen molar-refractivity contribution in [3.05, 3.63) is 60.4 Å². The highest BCUT2D eigenvalue weighted by Gasteiger charge is 2.08. The van der Waals surface area contributed by atoms with Crippen molar-refractivity contribution in [3.8, 4) is 0 Å². The van der Waals surface area contributed by atoms with E-state index < -0.39 is 0 Å². The average molecular weight is 325 g/mol. The number of para-hydroxylation sites is 2. The van der Waals surface area contributed by atoms with Crippen LogP contribution in [0, 0.1) is 0 Å². The van der Waals surface area contributed by atoms with Crippen LogP contribution in [0.2, 0.25) is 0 Å². The Bertz CT molecular complexity index is 798. The van der Waals surface area contributed by atoms with Gasteiger partial charge in [0.25, 0.3) is 0 Å². The lowest BCUT2D eigenvalue weighted by Gasteiger charge is -2.05. The molecule has 0 radical (unpaired) electrons. The second-order valence-corrected chi connectivity index (χ2v) is 6.33. The van der Waals surface area contributed by atoms with Gasteiger partial charge in [0.05, 0.1) is 16.8 Å². The fourth-order valence-corrected chi connectivity index (χ4v) is 3.20. The monoisotopic (exact) mass is 325 g/mol. The zero-order valence-corrected chi connectivity index (χ0v) is 13.8. The fraction of sp³-hybridized carbons (Fsp3) is 0.222. The van der Waals surface area contributed by atoms with Crippen molar-refractivity contribution in [1.29, 1.82) is 0 Å². The highest BCUT2D eigenvalue weighted by Crippen LogP contribution is 2.16. The number of amides is 1. The number of rotatable bonds is 6. The zero-order valence-electron chi connectivity index (χ0n) is 13.0. The molecule has 0 fully saturated rings. The van der Waals surface area contributed by atoms with Gasteiger partial charge in [-0.2, -0.15) is 0 Å². The van der Waals surface area contributed by atoms with E-state index in [2.05, 4.69) is 20.9 Å². The largest absolute Gasteiger partial charge is 0.355 e. The van der Waals surface area contributed by atoms with E-state index in [-0.39, 0.29) is 5.91 Å². The van der Waals surface area contributed by atoms with Crippen molar-refractivity contribution < 1.29 is 4.79 Å². The Morgan fingerprint density at radius 1 is 1.13 bits per heavy atom. The van der Waals surface area contributed by atoms with Gasteiger partial charge in [-0.15, -0.1) is 11.8 Å². The summed E-state index contributed by atoms with van der Waals surface area (Å²) in [6.07, 6.45) is 0.729. The number of nitrogens with zero attached hydrogens (tertiary/aromatic N) is 2. The van der Waals surface area contributed by atoms with Crippen molar-refractivity contribution >= 4 is 28.7 Å². The van der Waals surface area contributed by atoms with Crippen LogP contribution in [0.5, 0.6) is 0 Å². The Morgan fingerprint density at radius 2 is 1.87 bits per heavy atom. The van der Waals surface area contributed by atoms with Gasteiger partial charge in [0.15, 0.2) is 0 Å². The van der Waals surface area contributed by atoms with E-state index in [1.54, 1.807) is 11.8 Å². The van der Waals surface area contributed by atoms with E-state index in [9.17, 15) is 4.79 Å². The standard InChI is InChI=1S/C18H19N3OS/c1-21-16-10-6-5-9-15(16)20-17(21)11-12-19-18(22)13-23-14-7-3-2-4-8-14/h2-10H,11-13H2,1H3,(H,19,22). The van der Waals surface area contributed by atoms with E-state index in [4.69, 9.17) is 0 Å². The molecule has 23 heavy (non-hydrogen) atoms. The zero-order chi connectivity index (χ0) is 16.1. The maximum Gasteiger partial charge on any atom is 0.230 e. The van der Waals surface area contributed by atoms with Gasteiger partial charge in [-0.3, -0.25) is 4.79 Å². The molecular weight excluding hydrogens is 306 g/mol. The molecule has 1 heterocycles. The van der Waals surface area contributed by atoms with Crippen LogP contribution in [0.1, 0.15) is 5.82 Å². The third kappa shape index (κ3) is 3.93. The summed E-state index contributed by atoms with van der Waals surface area (Å²) < 4.78 is 2.08. The first-order chi connectivity index (χ1) is 11.2. The van der Waals surface area contributed by atoms with E-state index in [1.165, 1.54) is 0 Å². The summed E-state index contributed by atoms with van der Waals surface area (Å²) in [6, 6.07) is 18.0. The van der Waals surface area contributed by atoms with Gasteiger partial charge in [0.1, 0.15) is 5.82 Å². The number of thioether (sulfide) groups is 1. The molecule has 0 aliphatic heterocycles. The molecule has 1 N–H and O–H groups in total. The van der Waals surface area contributed by atoms with Gasteiger partial charge < -0.3 is 9.88 Å². The summed E-state index contributed by atoms with van der Waals surface area (Å²) in [5.74, 6) is 1.48. The average Bonchev–Trinajstić information content (AvgIpc) is 2.91. The lowest BCUT2D eigenvalue weighted by Crippen LogP contribution is -2.27. The SMILES string of the molecule is Cn1c(CCNC(=O)CSc2ccccc2)nc2ccccc21. The van der Waals surface area contributed by atoms with Crippen LogP contribution in [-0.4, -0.2) is 27.8 Å². The lowest BCUT2D eigenvalue weighted by atomic mass is 10.3. The number of nitrogens with one attached hydrogen (secondary N) is 1. The molecule has 0 atom stereocenters. The minimum atomic E-state index is 0.0533. The molecule has 1 aromatic heterocycles. The summed E-state index contributed by atoms with van der Waals surface area (Å²) in [5, 5.41) is 2.96. The number of carbonyl (C=O) groups is 1. The van der Waals surface area contributed by atoms with Crippen LogP contribution in [0.3, 0.4) is 0 Å². The Labute approximate surface area is 139 Å². The normalized spacial score (nSPS) is 10.8. The van der Waals surface area contributed by atoms with Crippen molar-refractivity contribution in [2.24, 2.45) is 7.05 Å². The molecule has 0 saturated carbocycles. The van der Waals surface area contributed by atoms with Gasteiger partial charge in [0, 0.05) is 24.9 Å². The first-order valence-corrected chi connectivity index (χ1v) is 8.57. The summed E-state index contributed by atoms with van der Waals surface area (Å²) in [6.45, 7) is 0.603. The minimum Gasteiger partial charge on any atom is -0.355 e. The highest BCUT2D eigenvalue weighted by atomic mass is 32.2. The van der Waals surface area contributed by atoms with Gasteiger partial charge in [-0.1, -0.05) is 30.3 Å². The second kappa shape index (κ2) is 7.33. The molecule has 3 rings (SSSR count). The molecular formula is C18H19N3OS. The summed E-state index contributed by atoms with van der Waals surface area (Å²) in [7, 11) is 2.01. The maximum atomic E-state index is 11.9. The number of benzene rings is 2. The summed E-state index contributed by atoms with van der Waals surface area (Å²) in [4.78, 5) is 17.6. The molecule has 118 valence electrons. The van der Waals surface area contributed by atoms with Crippen molar-refractivity contribution in [2.45, 2.75) is 11.3 Å². The predicted molar refractivity (Wildman–Crippen MR) is 94.6 cm³/mol. The van der Waals surface area contributed by atoms with E-state index >= 15 is 0 Å². The number of aromatic nitrogens is 2. The third-order valence-electron chi connectivity index (χ3n) is 3.66. The number of aryl methyl sites for hydroxylation is 1. The molecule has 0 saturated heterocycles. The minimum absolute atomic E-state index is 0.0533. The topological polar surface area (TPSA) is 46.9 Å². The number of hydrogen-bond donors (Lipinski definition) is 1. The fourth-order valence-electron chi connectivity index (χ4n) is 2.45.